The van der Waals surface area contributed by atoms with Crippen molar-refractivity contribution in [1.82, 2.24) is 20.5 Å². The minimum atomic E-state index is -0.155. The fourth-order valence-corrected chi connectivity index (χ4v) is 3.29. The number of carbonyl (C=O) groups is 1. The van der Waals surface area contributed by atoms with E-state index in [1.165, 1.54) is 0 Å². The van der Waals surface area contributed by atoms with Gasteiger partial charge in [-0.25, -0.2) is 4.79 Å². The summed E-state index contributed by atoms with van der Waals surface area (Å²) < 4.78 is 11.0. The second kappa shape index (κ2) is 8.96. The Morgan fingerprint density at radius 2 is 2.12 bits per heavy atom. The molecule has 0 bridgehead atoms. The summed E-state index contributed by atoms with van der Waals surface area (Å²) in [5.74, 6) is 0.471. The van der Waals surface area contributed by atoms with Crippen LogP contribution in [0.1, 0.15) is 12.1 Å². The zero-order chi connectivity index (χ0) is 16.6. The van der Waals surface area contributed by atoms with Gasteiger partial charge in [0.2, 0.25) is 0 Å². The number of aromatic nitrogens is 1. The molecule has 2 aliphatic heterocycles. The number of pyridine rings is 1. The first-order valence-electron chi connectivity index (χ1n) is 8.64. The van der Waals surface area contributed by atoms with E-state index < -0.39 is 0 Å². The zero-order valence-corrected chi connectivity index (χ0v) is 13.9. The number of hydrogen-bond donors (Lipinski definition) is 2. The molecule has 2 aliphatic rings. The van der Waals surface area contributed by atoms with Crippen molar-refractivity contribution in [1.29, 1.82) is 0 Å². The number of hydrogen-bond acceptors (Lipinski definition) is 5. The molecule has 2 atom stereocenters. The molecule has 7 heteroatoms. The summed E-state index contributed by atoms with van der Waals surface area (Å²) in [5.41, 5.74) is 0.849. The first kappa shape index (κ1) is 17.1. The van der Waals surface area contributed by atoms with Crippen LogP contribution >= 0.6 is 0 Å². The van der Waals surface area contributed by atoms with Crippen LogP contribution in [0.5, 0.6) is 0 Å². The maximum absolute atomic E-state index is 12.1. The molecular formula is C17H26N4O3. The lowest BCUT2D eigenvalue weighted by Gasteiger charge is -2.37. The molecule has 2 amide bonds. The van der Waals surface area contributed by atoms with E-state index in [2.05, 4.69) is 20.5 Å². The van der Waals surface area contributed by atoms with E-state index >= 15 is 0 Å². The fourth-order valence-electron chi connectivity index (χ4n) is 3.29. The molecule has 2 N–H and O–H groups in total. The smallest absolute Gasteiger partial charge is 0.315 e. The van der Waals surface area contributed by atoms with Crippen molar-refractivity contribution in [2.75, 3.05) is 46.1 Å². The maximum Gasteiger partial charge on any atom is 0.315 e. The van der Waals surface area contributed by atoms with E-state index in [0.717, 1.165) is 51.6 Å². The molecule has 1 aromatic rings. The van der Waals surface area contributed by atoms with Crippen molar-refractivity contribution in [3.8, 4) is 0 Å². The number of ether oxygens (including phenoxy) is 2. The average molecular weight is 334 g/mol. The van der Waals surface area contributed by atoms with Gasteiger partial charge in [0.1, 0.15) is 0 Å². The molecule has 132 valence electrons. The number of urea groups is 1. The molecular weight excluding hydrogens is 308 g/mol. The van der Waals surface area contributed by atoms with Gasteiger partial charge in [0.15, 0.2) is 0 Å². The van der Waals surface area contributed by atoms with Crippen LogP contribution in [0.2, 0.25) is 0 Å². The second-order valence-corrected chi connectivity index (χ2v) is 6.22. The summed E-state index contributed by atoms with van der Waals surface area (Å²) in [5, 5.41) is 5.87. The van der Waals surface area contributed by atoms with Gasteiger partial charge in [0.25, 0.3) is 0 Å². The van der Waals surface area contributed by atoms with Crippen molar-refractivity contribution in [2.24, 2.45) is 5.92 Å². The summed E-state index contributed by atoms with van der Waals surface area (Å²) in [4.78, 5) is 18.7. The summed E-state index contributed by atoms with van der Waals surface area (Å²) in [6.45, 7) is 6.00. The third-order valence-electron chi connectivity index (χ3n) is 4.65. The lowest BCUT2D eigenvalue weighted by molar-refractivity contribution is 0.00212. The van der Waals surface area contributed by atoms with Crippen LogP contribution < -0.4 is 10.6 Å². The first-order chi connectivity index (χ1) is 11.8. The van der Waals surface area contributed by atoms with Crippen molar-refractivity contribution < 1.29 is 14.3 Å². The van der Waals surface area contributed by atoms with E-state index in [1.807, 2.05) is 18.2 Å². The van der Waals surface area contributed by atoms with E-state index in [0.29, 0.717) is 25.0 Å². The zero-order valence-electron chi connectivity index (χ0n) is 13.9. The molecule has 2 fully saturated rings. The SMILES string of the molecule is O=C(NCc1ccccn1)NC[C@@H]([C@H]1CCOC1)N1CCOCC1. The van der Waals surface area contributed by atoms with Crippen LogP contribution in [0.25, 0.3) is 0 Å². The number of nitrogens with one attached hydrogen (secondary N) is 2. The van der Waals surface area contributed by atoms with Crippen LogP contribution in [0.15, 0.2) is 24.4 Å². The van der Waals surface area contributed by atoms with Gasteiger partial charge < -0.3 is 20.1 Å². The standard InChI is InChI=1S/C17H26N4O3/c22-17(19-11-15-3-1-2-5-18-15)20-12-16(14-4-8-24-13-14)21-6-9-23-10-7-21/h1-3,5,14,16H,4,6-13H2,(H2,19,20,22)/t14-,16-/m0/s1. The molecule has 1 aromatic heterocycles. The van der Waals surface area contributed by atoms with Gasteiger partial charge in [-0.3, -0.25) is 9.88 Å². The number of amides is 2. The third kappa shape index (κ3) is 4.90. The highest BCUT2D eigenvalue weighted by Gasteiger charge is 2.31. The lowest BCUT2D eigenvalue weighted by atomic mass is 9.97. The van der Waals surface area contributed by atoms with E-state index in [4.69, 9.17) is 9.47 Å². The quantitative estimate of drug-likeness (QED) is 0.798. The Bertz CT molecular complexity index is 502. The average Bonchev–Trinajstić information content (AvgIpc) is 3.16. The highest BCUT2D eigenvalue weighted by molar-refractivity contribution is 5.73. The summed E-state index contributed by atoms with van der Waals surface area (Å²) in [7, 11) is 0. The number of nitrogens with zero attached hydrogens (tertiary/aromatic N) is 2. The molecule has 0 aromatic carbocycles. The number of carbonyl (C=O) groups excluding carboxylic acids is 1. The van der Waals surface area contributed by atoms with Gasteiger partial charge in [0, 0.05) is 44.4 Å². The van der Waals surface area contributed by atoms with Crippen LogP contribution in [0, 0.1) is 5.92 Å². The molecule has 2 saturated heterocycles. The second-order valence-electron chi connectivity index (χ2n) is 6.22. The third-order valence-corrected chi connectivity index (χ3v) is 4.65. The first-order valence-corrected chi connectivity index (χ1v) is 8.64. The van der Waals surface area contributed by atoms with Crippen LogP contribution in [-0.2, 0) is 16.0 Å². The predicted octanol–water partition coefficient (Wildman–Crippen LogP) is 0.618. The Morgan fingerprint density at radius 1 is 1.25 bits per heavy atom. The molecule has 24 heavy (non-hydrogen) atoms. The van der Waals surface area contributed by atoms with Crippen molar-refractivity contribution in [2.45, 2.75) is 19.0 Å². The predicted molar refractivity (Wildman–Crippen MR) is 89.6 cm³/mol. The Balaban J connectivity index is 1.47. The van der Waals surface area contributed by atoms with E-state index in [1.54, 1.807) is 6.20 Å². The summed E-state index contributed by atoms with van der Waals surface area (Å²) in [6.07, 6.45) is 2.78. The van der Waals surface area contributed by atoms with Gasteiger partial charge in [0.05, 0.1) is 32.1 Å². The van der Waals surface area contributed by atoms with Crippen LogP contribution in [0.4, 0.5) is 4.79 Å². The van der Waals surface area contributed by atoms with Crippen molar-refractivity contribution in [3.05, 3.63) is 30.1 Å². The van der Waals surface area contributed by atoms with Crippen LogP contribution in [-0.4, -0.2) is 68.0 Å². The minimum Gasteiger partial charge on any atom is -0.381 e. The van der Waals surface area contributed by atoms with Crippen LogP contribution in [0.3, 0.4) is 0 Å². The normalized spacial score (nSPS) is 22.9. The minimum absolute atomic E-state index is 0.155. The maximum atomic E-state index is 12.1. The summed E-state index contributed by atoms with van der Waals surface area (Å²) in [6, 6.07) is 5.82. The Morgan fingerprint density at radius 3 is 2.83 bits per heavy atom. The summed E-state index contributed by atoms with van der Waals surface area (Å²) >= 11 is 0. The van der Waals surface area contributed by atoms with Gasteiger partial charge in [-0.1, -0.05) is 6.07 Å². The lowest BCUT2D eigenvalue weighted by Crippen LogP contribution is -2.53. The Labute approximate surface area is 142 Å². The molecule has 3 rings (SSSR count). The molecule has 0 aliphatic carbocycles. The molecule has 0 radical (unpaired) electrons. The monoisotopic (exact) mass is 334 g/mol. The number of rotatable bonds is 6. The van der Waals surface area contributed by atoms with Gasteiger partial charge in [-0.05, 0) is 18.6 Å². The topological polar surface area (TPSA) is 75.7 Å². The van der Waals surface area contributed by atoms with Gasteiger partial charge >= 0.3 is 6.03 Å². The van der Waals surface area contributed by atoms with Crippen molar-refractivity contribution >= 4 is 6.03 Å². The molecule has 3 heterocycles. The number of morpholine rings is 1. The van der Waals surface area contributed by atoms with Crippen molar-refractivity contribution in [3.63, 3.8) is 0 Å². The molecule has 7 nitrogen and oxygen atoms in total. The highest BCUT2D eigenvalue weighted by atomic mass is 16.5. The van der Waals surface area contributed by atoms with Gasteiger partial charge in [-0.15, -0.1) is 0 Å². The Kier molecular flexibility index (Phi) is 6.40. The Hall–Kier alpha value is -1.70. The van der Waals surface area contributed by atoms with E-state index in [9.17, 15) is 4.79 Å². The largest absolute Gasteiger partial charge is 0.381 e. The molecule has 0 spiro atoms. The molecule has 0 saturated carbocycles. The van der Waals surface area contributed by atoms with Gasteiger partial charge in [-0.2, -0.15) is 0 Å². The molecule has 0 unspecified atom stereocenters. The van der Waals surface area contributed by atoms with E-state index in [-0.39, 0.29) is 6.03 Å². The highest BCUT2D eigenvalue weighted by Crippen LogP contribution is 2.21. The fraction of sp³-hybridized carbons (Fsp3) is 0.647.